The van der Waals surface area contributed by atoms with Crippen LogP contribution in [0.4, 0.5) is 11.4 Å². The topological polar surface area (TPSA) is 70.7 Å². The number of morpholine rings is 1. The summed E-state index contributed by atoms with van der Waals surface area (Å²) in [5.74, 6) is -0.0572. The van der Waals surface area contributed by atoms with Crippen molar-refractivity contribution in [1.29, 1.82) is 0 Å². The molecular formula is C25H37N3O3. The van der Waals surface area contributed by atoms with E-state index in [-0.39, 0.29) is 5.91 Å². The molecule has 1 fully saturated rings. The van der Waals surface area contributed by atoms with Crippen LogP contribution in [0.5, 0.6) is 0 Å². The number of hydrogen-bond acceptors (Lipinski definition) is 4. The van der Waals surface area contributed by atoms with Gasteiger partial charge in [-0.3, -0.25) is 14.5 Å². The Morgan fingerprint density at radius 1 is 1.00 bits per heavy atom. The van der Waals surface area contributed by atoms with E-state index in [1.807, 2.05) is 26.8 Å². The first-order chi connectivity index (χ1) is 14.9. The highest BCUT2D eigenvalue weighted by Gasteiger charge is 2.15. The van der Waals surface area contributed by atoms with E-state index in [0.29, 0.717) is 31.9 Å². The van der Waals surface area contributed by atoms with E-state index in [1.54, 1.807) is 12.1 Å². The third kappa shape index (κ3) is 9.32. The maximum atomic E-state index is 12.0. The van der Waals surface area contributed by atoms with Gasteiger partial charge in [0.05, 0.1) is 19.8 Å². The highest BCUT2D eigenvalue weighted by Crippen LogP contribution is 2.22. The largest absolute Gasteiger partial charge is 0.379 e. The third-order valence-electron chi connectivity index (χ3n) is 4.96. The highest BCUT2D eigenvalue weighted by molar-refractivity contribution is 5.94. The van der Waals surface area contributed by atoms with E-state index in [0.717, 1.165) is 24.3 Å². The van der Waals surface area contributed by atoms with Gasteiger partial charge >= 0.3 is 0 Å². The molecule has 0 radical (unpaired) electrons. The summed E-state index contributed by atoms with van der Waals surface area (Å²) in [6, 6.07) is 11.9. The van der Waals surface area contributed by atoms with Gasteiger partial charge in [-0.2, -0.15) is 0 Å². The quantitative estimate of drug-likeness (QED) is 0.691. The molecule has 0 spiro atoms. The number of rotatable bonds is 5. The van der Waals surface area contributed by atoms with Crippen LogP contribution in [0.3, 0.4) is 0 Å². The molecule has 1 heterocycles. The van der Waals surface area contributed by atoms with Crippen molar-refractivity contribution in [3.05, 3.63) is 58.7 Å². The number of amides is 2. The summed E-state index contributed by atoms with van der Waals surface area (Å²) in [6.07, 6.45) is 0.627. The normalized spacial score (nSPS) is 13.1. The molecule has 6 nitrogen and oxygen atoms in total. The molecule has 0 saturated carbocycles. The van der Waals surface area contributed by atoms with Gasteiger partial charge in [0.1, 0.15) is 0 Å². The number of aryl methyl sites for hydroxylation is 3. The van der Waals surface area contributed by atoms with Gasteiger partial charge in [-0.05, 0) is 56.5 Å². The summed E-state index contributed by atoms with van der Waals surface area (Å²) in [5, 5.41) is 5.49. The van der Waals surface area contributed by atoms with E-state index in [4.69, 9.17) is 4.74 Å². The molecule has 31 heavy (non-hydrogen) atoms. The van der Waals surface area contributed by atoms with E-state index in [1.165, 1.54) is 16.7 Å². The van der Waals surface area contributed by atoms with Crippen molar-refractivity contribution < 1.29 is 14.3 Å². The second kappa shape index (κ2) is 14.3. The molecule has 0 atom stereocenters. The minimum Gasteiger partial charge on any atom is -0.379 e. The molecule has 170 valence electrons. The van der Waals surface area contributed by atoms with Gasteiger partial charge in [0, 0.05) is 24.5 Å². The standard InChI is InChI=1S/C14H19N3O3.C9H12.C2H6/c1-11-12(15-10-18)3-2-4-13(11)16-14(19)9-17-5-7-20-8-6-17;1-7-4-5-8(2)9(3)6-7;1-2/h2-4,10H,5-9H2,1H3,(H,15,18)(H,16,19);4-6H,1-3H3;1-2H3. The molecule has 2 aromatic carbocycles. The van der Waals surface area contributed by atoms with Gasteiger partial charge in [-0.25, -0.2) is 0 Å². The number of ether oxygens (including phenoxy) is 1. The van der Waals surface area contributed by atoms with Crippen LogP contribution in [0.1, 0.15) is 36.1 Å². The molecule has 6 heteroatoms. The summed E-state index contributed by atoms with van der Waals surface area (Å²) < 4.78 is 5.25. The second-order valence-corrected chi connectivity index (χ2v) is 7.26. The molecule has 3 rings (SSSR count). The molecule has 0 bridgehead atoms. The second-order valence-electron chi connectivity index (χ2n) is 7.26. The first-order valence-electron chi connectivity index (χ1n) is 10.8. The van der Waals surface area contributed by atoms with Gasteiger partial charge in [0.25, 0.3) is 0 Å². The maximum Gasteiger partial charge on any atom is 0.238 e. The van der Waals surface area contributed by atoms with E-state index in [2.05, 4.69) is 54.5 Å². The lowest BCUT2D eigenvalue weighted by Crippen LogP contribution is -2.41. The number of benzene rings is 2. The number of nitrogens with zero attached hydrogens (tertiary/aromatic N) is 1. The number of carbonyl (C=O) groups excluding carboxylic acids is 2. The van der Waals surface area contributed by atoms with Crippen LogP contribution < -0.4 is 10.6 Å². The minimum absolute atomic E-state index is 0.0572. The van der Waals surface area contributed by atoms with Gasteiger partial charge in [-0.1, -0.05) is 43.7 Å². The zero-order valence-corrected chi connectivity index (χ0v) is 19.7. The lowest BCUT2D eigenvalue weighted by atomic mass is 10.1. The fourth-order valence-corrected chi connectivity index (χ4v) is 3.03. The lowest BCUT2D eigenvalue weighted by molar-refractivity contribution is -0.118. The molecule has 1 aliphatic heterocycles. The SMILES string of the molecule is CC.Cc1c(NC=O)cccc1NC(=O)CN1CCOCC1.Cc1ccc(C)c(C)c1. The Kier molecular flexibility index (Phi) is 12.2. The first kappa shape index (κ1) is 26.3. The van der Waals surface area contributed by atoms with Crippen LogP contribution in [-0.4, -0.2) is 50.1 Å². The monoisotopic (exact) mass is 427 g/mol. The Hall–Kier alpha value is -2.70. The van der Waals surface area contributed by atoms with Crippen LogP contribution in [0.25, 0.3) is 0 Å². The van der Waals surface area contributed by atoms with Crippen LogP contribution >= 0.6 is 0 Å². The summed E-state index contributed by atoms with van der Waals surface area (Å²) in [4.78, 5) is 24.6. The zero-order valence-electron chi connectivity index (χ0n) is 19.7. The predicted molar refractivity (Wildman–Crippen MR) is 129 cm³/mol. The maximum absolute atomic E-state index is 12.0. The molecule has 0 aromatic heterocycles. The third-order valence-corrected chi connectivity index (χ3v) is 4.96. The van der Waals surface area contributed by atoms with E-state index in [9.17, 15) is 9.59 Å². The Bertz CT molecular complexity index is 831. The summed E-state index contributed by atoms with van der Waals surface area (Å²) >= 11 is 0. The molecule has 1 aliphatic rings. The number of carbonyl (C=O) groups is 2. The van der Waals surface area contributed by atoms with Gasteiger partial charge in [0.15, 0.2) is 0 Å². The van der Waals surface area contributed by atoms with Crippen LogP contribution in [-0.2, 0) is 14.3 Å². The average molecular weight is 428 g/mol. The zero-order chi connectivity index (χ0) is 23.2. The summed E-state index contributed by atoms with van der Waals surface area (Å²) in [7, 11) is 0. The van der Waals surface area contributed by atoms with Gasteiger partial charge < -0.3 is 15.4 Å². The van der Waals surface area contributed by atoms with Crippen molar-refractivity contribution in [2.75, 3.05) is 43.5 Å². The Morgan fingerprint density at radius 3 is 2.23 bits per heavy atom. The molecule has 2 aromatic rings. The number of anilines is 2. The van der Waals surface area contributed by atoms with Crippen molar-refractivity contribution in [2.45, 2.75) is 41.5 Å². The van der Waals surface area contributed by atoms with Gasteiger partial charge in [-0.15, -0.1) is 0 Å². The first-order valence-corrected chi connectivity index (χ1v) is 10.8. The Balaban J connectivity index is 0.000000365. The Morgan fingerprint density at radius 2 is 1.65 bits per heavy atom. The Labute approximate surface area is 187 Å². The molecule has 2 N–H and O–H groups in total. The fraction of sp³-hybridized carbons (Fsp3) is 0.440. The van der Waals surface area contributed by atoms with Crippen molar-refractivity contribution in [3.8, 4) is 0 Å². The highest BCUT2D eigenvalue weighted by atomic mass is 16.5. The molecule has 1 saturated heterocycles. The fourth-order valence-electron chi connectivity index (χ4n) is 3.03. The molecule has 0 aliphatic carbocycles. The molecule has 0 unspecified atom stereocenters. The minimum atomic E-state index is -0.0572. The molecule has 2 amide bonds. The van der Waals surface area contributed by atoms with Gasteiger partial charge in [0.2, 0.25) is 12.3 Å². The summed E-state index contributed by atoms with van der Waals surface area (Å²) in [5.41, 5.74) is 6.36. The van der Waals surface area contributed by atoms with E-state index >= 15 is 0 Å². The smallest absolute Gasteiger partial charge is 0.238 e. The molecular weight excluding hydrogens is 390 g/mol. The number of nitrogens with one attached hydrogen (secondary N) is 2. The lowest BCUT2D eigenvalue weighted by Gasteiger charge is -2.26. The predicted octanol–water partition coefficient (Wildman–Crippen LogP) is 4.47. The average Bonchev–Trinajstić information content (AvgIpc) is 2.76. The van der Waals surface area contributed by atoms with E-state index < -0.39 is 0 Å². The number of hydrogen-bond donors (Lipinski definition) is 2. The van der Waals surface area contributed by atoms with Crippen LogP contribution in [0, 0.1) is 27.7 Å². The van der Waals surface area contributed by atoms with Crippen molar-refractivity contribution >= 4 is 23.7 Å². The van der Waals surface area contributed by atoms with Crippen LogP contribution in [0.15, 0.2) is 36.4 Å². The summed E-state index contributed by atoms with van der Waals surface area (Å²) in [6.45, 7) is 15.5. The van der Waals surface area contributed by atoms with Crippen LogP contribution in [0.2, 0.25) is 0 Å². The van der Waals surface area contributed by atoms with Crippen molar-refractivity contribution in [1.82, 2.24) is 4.90 Å². The van der Waals surface area contributed by atoms with Crippen molar-refractivity contribution in [3.63, 3.8) is 0 Å². The van der Waals surface area contributed by atoms with Crippen molar-refractivity contribution in [2.24, 2.45) is 0 Å².